The molecule has 3 aromatic rings. The lowest BCUT2D eigenvalue weighted by atomic mass is 9.65. The number of carbonyl (C=O) groups is 2. The van der Waals surface area contributed by atoms with Crippen molar-refractivity contribution in [2.75, 3.05) is 26.6 Å². The van der Waals surface area contributed by atoms with Crippen LogP contribution >= 0.6 is 0 Å². The molecule has 0 spiro atoms. The van der Waals surface area contributed by atoms with Gasteiger partial charge in [-0.2, -0.15) is 0 Å². The summed E-state index contributed by atoms with van der Waals surface area (Å²) in [6.45, 7) is 7.24. The van der Waals surface area contributed by atoms with Crippen molar-refractivity contribution >= 4 is 28.2 Å². The predicted octanol–water partition coefficient (Wildman–Crippen LogP) is 7.94. The van der Waals surface area contributed by atoms with Gasteiger partial charge in [0.25, 0.3) is 0 Å². The summed E-state index contributed by atoms with van der Waals surface area (Å²) in [6, 6.07) is 18.2. The van der Waals surface area contributed by atoms with Gasteiger partial charge in [-0.15, -0.1) is 0 Å². The largest absolute Gasteiger partial charge is 0.493 e. The number of ether oxygens (including phenoxy) is 3. The highest BCUT2D eigenvalue weighted by atomic mass is 16.5. The van der Waals surface area contributed by atoms with Crippen LogP contribution in [0.4, 0.5) is 5.69 Å². The minimum atomic E-state index is -0.682. The van der Waals surface area contributed by atoms with Crippen molar-refractivity contribution in [3.63, 3.8) is 0 Å². The summed E-state index contributed by atoms with van der Waals surface area (Å²) in [5.74, 6) is 0.123. The molecule has 1 aliphatic heterocycles. The molecule has 0 radical (unpaired) electrons. The Kier molecular flexibility index (Phi) is 6.69. The minimum Gasteiger partial charge on any atom is -0.493 e. The third-order valence-corrected chi connectivity index (χ3v) is 11.8. The van der Waals surface area contributed by atoms with Gasteiger partial charge < -0.3 is 19.5 Å². The van der Waals surface area contributed by atoms with Crippen LogP contribution in [0.3, 0.4) is 0 Å². The zero-order chi connectivity index (χ0) is 31.0. The van der Waals surface area contributed by atoms with Gasteiger partial charge in [0.15, 0.2) is 17.3 Å². The maximum Gasteiger partial charge on any atom is 0.315 e. The third-order valence-electron chi connectivity index (χ3n) is 11.8. The van der Waals surface area contributed by atoms with E-state index in [1.165, 1.54) is 19.1 Å². The molecule has 1 heterocycles. The van der Waals surface area contributed by atoms with Crippen LogP contribution in [0.1, 0.15) is 69.4 Å². The average molecular weight is 592 g/mol. The Balaban J connectivity index is 1.44. The van der Waals surface area contributed by atoms with E-state index in [2.05, 4.69) is 68.6 Å². The molecule has 7 rings (SSSR count). The average Bonchev–Trinajstić information content (AvgIpc) is 3.37. The van der Waals surface area contributed by atoms with Crippen LogP contribution < -0.4 is 14.8 Å². The van der Waals surface area contributed by atoms with Crippen molar-refractivity contribution in [2.24, 2.45) is 22.7 Å². The lowest BCUT2D eigenvalue weighted by molar-refractivity contribution is -0.145. The molecule has 5 atom stereocenters. The maximum absolute atomic E-state index is 14.5. The number of allylic oxidation sites excluding steroid dienone is 3. The van der Waals surface area contributed by atoms with Gasteiger partial charge >= 0.3 is 5.97 Å². The van der Waals surface area contributed by atoms with E-state index in [9.17, 15) is 9.59 Å². The standard InChI is InChI=1S/C38H41NO5/c1-37(2)23-15-16-38(37,3)24(18-23)19-27-32-25-10-8-7-9-21(25)11-13-28(32)39-35-33(27)29(40)20-26(34(35)36(41)44-6)22-12-14-30(42-4)31(17-22)43-5/h7-14,17,19,23,26-27,34,39H,15-16,18,20H2,1-6H3/t23?,26-,27+,34-,38?/m0/s1. The smallest absolute Gasteiger partial charge is 0.315 e. The molecular formula is C38H41NO5. The maximum atomic E-state index is 14.5. The van der Waals surface area contributed by atoms with Crippen LogP contribution in [0.5, 0.6) is 11.5 Å². The van der Waals surface area contributed by atoms with E-state index in [0.717, 1.165) is 40.4 Å². The second kappa shape index (κ2) is 10.3. The molecule has 2 fully saturated rings. The number of esters is 1. The molecule has 3 aliphatic carbocycles. The highest BCUT2D eigenvalue weighted by molar-refractivity contribution is 6.06. The van der Waals surface area contributed by atoms with E-state index in [-0.39, 0.29) is 34.9 Å². The zero-order valence-electron chi connectivity index (χ0n) is 26.5. The lowest BCUT2D eigenvalue weighted by Gasteiger charge is -2.41. The van der Waals surface area contributed by atoms with E-state index in [1.54, 1.807) is 14.2 Å². The van der Waals surface area contributed by atoms with Crippen LogP contribution in [-0.4, -0.2) is 33.1 Å². The molecule has 6 nitrogen and oxygen atoms in total. The minimum absolute atomic E-state index is 0.0560. The Morgan fingerprint density at radius 3 is 2.41 bits per heavy atom. The lowest BCUT2D eigenvalue weighted by Crippen LogP contribution is -2.39. The summed E-state index contributed by atoms with van der Waals surface area (Å²) in [5, 5.41) is 5.89. The van der Waals surface area contributed by atoms with Gasteiger partial charge in [-0.05, 0) is 76.1 Å². The highest BCUT2D eigenvalue weighted by Crippen LogP contribution is 2.68. The van der Waals surface area contributed by atoms with Gasteiger partial charge in [0.2, 0.25) is 0 Å². The topological polar surface area (TPSA) is 73.9 Å². The number of methoxy groups -OCH3 is 3. The molecule has 0 saturated heterocycles. The number of hydrogen-bond acceptors (Lipinski definition) is 6. The Morgan fingerprint density at radius 2 is 1.73 bits per heavy atom. The fourth-order valence-electron chi connectivity index (χ4n) is 8.90. The van der Waals surface area contributed by atoms with Crippen LogP contribution in [0.15, 0.2) is 77.5 Å². The normalized spacial score (nSPS) is 29.3. The van der Waals surface area contributed by atoms with Crippen LogP contribution in [-0.2, 0) is 14.3 Å². The Bertz CT molecular complexity index is 1770. The van der Waals surface area contributed by atoms with Gasteiger partial charge in [-0.1, -0.05) is 68.8 Å². The summed E-state index contributed by atoms with van der Waals surface area (Å²) in [6.07, 6.45) is 6.07. The van der Waals surface area contributed by atoms with Crippen molar-refractivity contribution in [2.45, 2.75) is 58.3 Å². The molecule has 2 unspecified atom stereocenters. The molecule has 2 bridgehead atoms. The number of rotatable bonds is 5. The van der Waals surface area contributed by atoms with Crippen molar-refractivity contribution in [1.82, 2.24) is 0 Å². The van der Waals surface area contributed by atoms with E-state index in [1.807, 2.05) is 18.2 Å². The number of anilines is 1. The summed E-state index contributed by atoms with van der Waals surface area (Å²) >= 11 is 0. The number of ketones is 1. The zero-order valence-corrected chi connectivity index (χ0v) is 26.5. The van der Waals surface area contributed by atoms with Crippen molar-refractivity contribution in [3.05, 3.63) is 88.6 Å². The molecule has 4 aliphatic rings. The number of benzene rings is 3. The van der Waals surface area contributed by atoms with Gasteiger partial charge in [-0.3, -0.25) is 9.59 Å². The third kappa shape index (κ3) is 3.99. The van der Waals surface area contributed by atoms with Crippen LogP contribution in [0.2, 0.25) is 0 Å². The molecule has 0 amide bonds. The number of hydrogen-bond donors (Lipinski definition) is 1. The second-order valence-electron chi connectivity index (χ2n) is 13.7. The van der Waals surface area contributed by atoms with Gasteiger partial charge in [0.1, 0.15) is 5.92 Å². The first-order valence-electron chi connectivity index (χ1n) is 15.7. The van der Waals surface area contributed by atoms with Crippen molar-refractivity contribution < 1.29 is 23.8 Å². The molecule has 6 heteroatoms. The van der Waals surface area contributed by atoms with E-state index in [4.69, 9.17) is 14.2 Å². The van der Waals surface area contributed by atoms with Crippen LogP contribution in [0.25, 0.3) is 10.8 Å². The number of fused-ring (bicyclic) bond motifs is 5. The molecule has 3 aromatic carbocycles. The predicted molar refractivity (Wildman–Crippen MR) is 172 cm³/mol. The fourth-order valence-corrected chi connectivity index (χ4v) is 8.90. The van der Waals surface area contributed by atoms with Crippen LogP contribution in [0, 0.1) is 22.7 Å². The highest BCUT2D eigenvalue weighted by Gasteiger charge is 2.59. The summed E-state index contributed by atoms with van der Waals surface area (Å²) in [7, 11) is 4.60. The fraction of sp³-hybridized carbons (Fsp3) is 0.421. The van der Waals surface area contributed by atoms with Gasteiger partial charge in [0, 0.05) is 35.2 Å². The number of carbonyl (C=O) groups excluding carboxylic acids is 2. The van der Waals surface area contributed by atoms with E-state index in [0.29, 0.717) is 28.7 Å². The SMILES string of the molecule is COC(=O)[C@@H]1C2=C(C(=O)C[C@H]1c1ccc(OC)c(OC)c1)[C@H](C=C1CC3CCC1(C)C3(C)C)c1c(ccc3ccccc13)N2. The molecule has 2 saturated carbocycles. The molecule has 1 N–H and O–H groups in total. The van der Waals surface area contributed by atoms with Crippen molar-refractivity contribution in [3.8, 4) is 11.5 Å². The van der Waals surface area contributed by atoms with E-state index < -0.39 is 11.8 Å². The molecule has 44 heavy (non-hydrogen) atoms. The van der Waals surface area contributed by atoms with Crippen molar-refractivity contribution in [1.29, 1.82) is 0 Å². The second-order valence-corrected chi connectivity index (χ2v) is 13.7. The summed E-state index contributed by atoms with van der Waals surface area (Å²) < 4.78 is 16.5. The quantitative estimate of drug-likeness (QED) is 0.240. The summed E-state index contributed by atoms with van der Waals surface area (Å²) in [5.41, 5.74) is 5.96. The Labute approximate surface area is 259 Å². The molecule has 0 aromatic heterocycles. The number of nitrogens with one attached hydrogen (secondary N) is 1. The Morgan fingerprint density at radius 1 is 0.955 bits per heavy atom. The molecular weight excluding hydrogens is 550 g/mol. The van der Waals surface area contributed by atoms with Gasteiger partial charge in [0.05, 0.1) is 21.3 Å². The summed E-state index contributed by atoms with van der Waals surface area (Å²) in [4.78, 5) is 28.2. The van der Waals surface area contributed by atoms with Gasteiger partial charge in [-0.25, -0.2) is 0 Å². The van der Waals surface area contributed by atoms with E-state index >= 15 is 0 Å². The molecule has 228 valence electrons. The first kappa shape index (κ1) is 28.7. The first-order chi connectivity index (χ1) is 21.1. The monoisotopic (exact) mass is 591 g/mol. The first-order valence-corrected chi connectivity index (χ1v) is 15.7. The Hall–Kier alpha value is -4.06. The number of Topliss-reactive ketones (excluding diaryl/α,β-unsaturated/α-hetero) is 1.